The van der Waals surface area contributed by atoms with Crippen LogP contribution in [0.2, 0.25) is 0 Å². The quantitative estimate of drug-likeness (QED) is 0.752. The minimum Gasteiger partial charge on any atom is -0.377 e. The van der Waals surface area contributed by atoms with E-state index in [0.29, 0.717) is 6.04 Å². The second-order valence-electron chi connectivity index (χ2n) is 4.20. The largest absolute Gasteiger partial charge is 0.377 e. The molecule has 0 aliphatic carbocycles. The molecule has 0 aromatic carbocycles. The Morgan fingerprint density at radius 3 is 2.71 bits per heavy atom. The van der Waals surface area contributed by atoms with E-state index in [4.69, 9.17) is 4.74 Å². The van der Waals surface area contributed by atoms with Crippen LogP contribution in [0.4, 0.5) is 0 Å². The van der Waals surface area contributed by atoms with Crippen LogP contribution >= 0.6 is 0 Å². The number of aromatic nitrogens is 1. The molecule has 1 heterocycles. The van der Waals surface area contributed by atoms with E-state index in [1.807, 2.05) is 25.4 Å². The first kappa shape index (κ1) is 14.1. The van der Waals surface area contributed by atoms with Crippen LogP contribution in [0.5, 0.6) is 0 Å². The number of nitrogens with zero attached hydrogens (tertiary/aromatic N) is 1. The second-order valence-corrected chi connectivity index (χ2v) is 4.20. The van der Waals surface area contributed by atoms with Gasteiger partial charge in [-0.15, -0.1) is 0 Å². The highest BCUT2D eigenvalue weighted by atomic mass is 16.5. The summed E-state index contributed by atoms with van der Waals surface area (Å²) < 4.78 is 5.82. The molecule has 1 aromatic heterocycles. The molecule has 0 fully saturated rings. The summed E-state index contributed by atoms with van der Waals surface area (Å²) in [5.74, 6) is 0. The molecule has 96 valence electrons. The van der Waals surface area contributed by atoms with Crippen molar-refractivity contribution in [3.63, 3.8) is 0 Å². The molecule has 2 unspecified atom stereocenters. The van der Waals surface area contributed by atoms with Gasteiger partial charge in [-0.2, -0.15) is 0 Å². The van der Waals surface area contributed by atoms with Crippen LogP contribution in [-0.4, -0.2) is 30.8 Å². The standard InChI is InChI=1S/C14H24N2O/c1-4-8-14(17-5-2)13(15-3)11-12-9-6-7-10-16-12/h6-7,9-10,13-15H,4-5,8,11H2,1-3H3. The van der Waals surface area contributed by atoms with Gasteiger partial charge in [-0.3, -0.25) is 4.98 Å². The fourth-order valence-corrected chi connectivity index (χ4v) is 2.06. The maximum absolute atomic E-state index is 5.82. The molecule has 1 N–H and O–H groups in total. The van der Waals surface area contributed by atoms with Gasteiger partial charge in [0.2, 0.25) is 0 Å². The third-order valence-corrected chi connectivity index (χ3v) is 2.93. The number of pyridine rings is 1. The molecule has 0 amide bonds. The minimum absolute atomic E-state index is 0.275. The average molecular weight is 236 g/mol. The Bertz CT molecular complexity index is 284. The lowest BCUT2D eigenvalue weighted by molar-refractivity contribution is 0.0298. The van der Waals surface area contributed by atoms with Gasteiger partial charge in [0.15, 0.2) is 0 Å². The summed E-state index contributed by atoms with van der Waals surface area (Å²) in [4.78, 5) is 4.37. The zero-order valence-electron chi connectivity index (χ0n) is 11.1. The zero-order valence-corrected chi connectivity index (χ0v) is 11.1. The van der Waals surface area contributed by atoms with Gasteiger partial charge in [0.1, 0.15) is 0 Å². The first-order valence-corrected chi connectivity index (χ1v) is 6.50. The highest BCUT2D eigenvalue weighted by Gasteiger charge is 2.20. The normalized spacial score (nSPS) is 14.5. The molecule has 0 spiro atoms. The fourth-order valence-electron chi connectivity index (χ4n) is 2.06. The molecule has 0 aliphatic heterocycles. The van der Waals surface area contributed by atoms with Crippen LogP contribution in [0, 0.1) is 0 Å². The molecule has 0 radical (unpaired) electrons. The lowest BCUT2D eigenvalue weighted by Gasteiger charge is -2.26. The van der Waals surface area contributed by atoms with Crippen LogP contribution in [0.3, 0.4) is 0 Å². The Labute approximate surface area is 105 Å². The molecule has 3 heteroatoms. The van der Waals surface area contributed by atoms with Crippen molar-refractivity contribution in [3.8, 4) is 0 Å². The molecular weight excluding hydrogens is 212 g/mol. The maximum atomic E-state index is 5.82. The molecule has 2 atom stereocenters. The molecule has 1 aromatic rings. The van der Waals surface area contributed by atoms with E-state index < -0.39 is 0 Å². The summed E-state index contributed by atoms with van der Waals surface area (Å²) in [5, 5.41) is 3.36. The van der Waals surface area contributed by atoms with Crippen LogP contribution < -0.4 is 5.32 Å². The van der Waals surface area contributed by atoms with Gasteiger partial charge < -0.3 is 10.1 Å². The molecular formula is C14H24N2O. The van der Waals surface area contributed by atoms with E-state index >= 15 is 0 Å². The van der Waals surface area contributed by atoms with E-state index in [2.05, 4.69) is 30.2 Å². The lowest BCUT2D eigenvalue weighted by atomic mass is 10.0. The molecule has 0 bridgehead atoms. The van der Waals surface area contributed by atoms with Crippen molar-refractivity contribution in [2.75, 3.05) is 13.7 Å². The van der Waals surface area contributed by atoms with Crippen LogP contribution in [0.15, 0.2) is 24.4 Å². The lowest BCUT2D eigenvalue weighted by Crippen LogP contribution is -2.41. The molecule has 17 heavy (non-hydrogen) atoms. The third kappa shape index (κ3) is 4.84. The van der Waals surface area contributed by atoms with Crippen molar-refractivity contribution >= 4 is 0 Å². The molecule has 3 nitrogen and oxygen atoms in total. The van der Waals surface area contributed by atoms with E-state index in [0.717, 1.165) is 31.6 Å². The van der Waals surface area contributed by atoms with E-state index in [1.165, 1.54) is 0 Å². The van der Waals surface area contributed by atoms with Gasteiger partial charge in [0.05, 0.1) is 6.10 Å². The summed E-state index contributed by atoms with van der Waals surface area (Å²) in [7, 11) is 2.00. The molecule has 0 saturated carbocycles. The Kier molecular flexibility index (Phi) is 6.82. The summed E-state index contributed by atoms with van der Waals surface area (Å²) in [6.07, 6.45) is 5.27. The highest BCUT2D eigenvalue weighted by molar-refractivity contribution is 5.06. The van der Waals surface area contributed by atoms with Gasteiger partial charge >= 0.3 is 0 Å². The first-order valence-electron chi connectivity index (χ1n) is 6.50. The van der Waals surface area contributed by atoms with E-state index in [-0.39, 0.29) is 6.10 Å². The zero-order chi connectivity index (χ0) is 12.5. The summed E-state index contributed by atoms with van der Waals surface area (Å²) in [6, 6.07) is 6.39. The Balaban J connectivity index is 2.61. The Morgan fingerprint density at radius 2 is 2.18 bits per heavy atom. The van der Waals surface area contributed by atoms with Crippen molar-refractivity contribution < 1.29 is 4.74 Å². The Morgan fingerprint density at radius 1 is 1.35 bits per heavy atom. The fraction of sp³-hybridized carbons (Fsp3) is 0.643. The summed E-state index contributed by atoms with van der Waals surface area (Å²) >= 11 is 0. The smallest absolute Gasteiger partial charge is 0.0731 e. The number of rotatable bonds is 8. The Hall–Kier alpha value is -0.930. The van der Waals surface area contributed by atoms with Gasteiger partial charge in [-0.05, 0) is 32.5 Å². The molecule has 0 aliphatic rings. The van der Waals surface area contributed by atoms with Gasteiger partial charge in [0.25, 0.3) is 0 Å². The number of nitrogens with one attached hydrogen (secondary N) is 1. The number of hydrogen-bond donors (Lipinski definition) is 1. The monoisotopic (exact) mass is 236 g/mol. The van der Waals surface area contributed by atoms with E-state index in [1.54, 1.807) is 0 Å². The molecule has 0 saturated heterocycles. The minimum atomic E-state index is 0.275. The highest BCUT2D eigenvalue weighted by Crippen LogP contribution is 2.11. The van der Waals surface area contributed by atoms with Crippen molar-refractivity contribution in [1.29, 1.82) is 0 Å². The van der Waals surface area contributed by atoms with Crippen molar-refractivity contribution in [1.82, 2.24) is 10.3 Å². The van der Waals surface area contributed by atoms with Crippen LogP contribution in [-0.2, 0) is 11.2 Å². The van der Waals surface area contributed by atoms with Crippen molar-refractivity contribution in [2.45, 2.75) is 45.3 Å². The van der Waals surface area contributed by atoms with E-state index in [9.17, 15) is 0 Å². The van der Waals surface area contributed by atoms with Gasteiger partial charge in [-0.25, -0.2) is 0 Å². The third-order valence-electron chi connectivity index (χ3n) is 2.93. The number of hydrogen-bond acceptors (Lipinski definition) is 3. The predicted molar refractivity (Wildman–Crippen MR) is 71.1 cm³/mol. The maximum Gasteiger partial charge on any atom is 0.0731 e. The van der Waals surface area contributed by atoms with Crippen LogP contribution in [0.25, 0.3) is 0 Å². The van der Waals surface area contributed by atoms with Gasteiger partial charge in [0, 0.05) is 31.0 Å². The van der Waals surface area contributed by atoms with Crippen LogP contribution in [0.1, 0.15) is 32.4 Å². The summed E-state index contributed by atoms with van der Waals surface area (Å²) in [6.45, 7) is 5.01. The first-order chi connectivity index (χ1) is 8.31. The average Bonchev–Trinajstić information content (AvgIpc) is 2.37. The predicted octanol–water partition coefficient (Wildman–Crippen LogP) is 2.42. The topological polar surface area (TPSA) is 34.1 Å². The van der Waals surface area contributed by atoms with Gasteiger partial charge in [-0.1, -0.05) is 19.4 Å². The number of ether oxygens (including phenoxy) is 1. The van der Waals surface area contributed by atoms with Crippen molar-refractivity contribution in [2.24, 2.45) is 0 Å². The SMILES string of the molecule is CCCC(OCC)C(Cc1ccccn1)NC. The van der Waals surface area contributed by atoms with Crippen molar-refractivity contribution in [3.05, 3.63) is 30.1 Å². The summed E-state index contributed by atoms with van der Waals surface area (Å²) in [5.41, 5.74) is 1.12. The molecule has 1 rings (SSSR count). The number of likely N-dealkylation sites (N-methyl/N-ethyl adjacent to an activating group) is 1. The second kappa shape index (κ2) is 8.20.